The van der Waals surface area contributed by atoms with E-state index in [-0.39, 0.29) is 5.82 Å². The molecule has 0 amide bonds. The van der Waals surface area contributed by atoms with Gasteiger partial charge in [0.05, 0.1) is 24.9 Å². The molecular weight excluding hydrogens is 267 g/mol. The van der Waals surface area contributed by atoms with E-state index in [0.29, 0.717) is 11.9 Å². The molecule has 0 spiro atoms. The first-order valence-corrected chi connectivity index (χ1v) is 6.84. The molecule has 3 aromatic rings. The van der Waals surface area contributed by atoms with Crippen molar-refractivity contribution in [3.8, 4) is 5.75 Å². The monoisotopic (exact) mass is 284 g/mol. The summed E-state index contributed by atoms with van der Waals surface area (Å²) in [5.74, 6) is 0.667. The zero-order valence-corrected chi connectivity index (χ0v) is 12.4. The summed E-state index contributed by atoms with van der Waals surface area (Å²) in [7, 11) is 1.67. The summed E-state index contributed by atoms with van der Waals surface area (Å²) in [5, 5.41) is 0.634. The fraction of sp³-hybridized carbons (Fsp3) is 0.235. The van der Waals surface area contributed by atoms with Crippen molar-refractivity contribution in [1.82, 2.24) is 9.55 Å². The average Bonchev–Trinajstić information content (AvgIpc) is 2.87. The Morgan fingerprint density at radius 3 is 2.81 bits per heavy atom. The molecule has 2 heterocycles. The second-order valence-corrected chi connectivity index (χ2v) is 5.16. The van der Waals surface area contributed by atoms with Crippen molar-refractivity contribution in [2.45, 2.75) is 20.4 Å². The normalized spacial score (nSPS) is 11.0. The highest BCUT2D eigenvalue weighted by Crippen LogP contribution is 2.26. The first-order valence-electron chi connectivity index (χ1n) is 6.84. The Kier molecular flexibility index (Phi) is 3.37. The van der Waals surface area contributed by atoms with Crippen LogP contribution < -0.4 is 4.74 Å². The maximum Gasteiger partial charge on any atom is 0.132 e. The summed E-state index contributed by atoms with van der Waals surface area (Å²) < 4.78 is 21.2. The van der Waals surface area contributed by atoms with E-state index in [2.05, 4.69) is 4.98 Å². The minimum atomic E-state index is -0.197. The van der Waals surface area contributed by atoms with E-state index >= 15 is 0 Å². The van der Waals surface area contributed by atoms with E-state index in [1.807, 2.05) is 36.9 Å². The van der Waals surface area contributed by atoms with Gasteiger partial charge in [0.1, 0.15) is 11.6 Å². The van der Waals surface area contributed by atoms with Crippen LogP contribution in [-0.4, -0.2) is 16.7 Å². The summed E-state index contributed by atoms with van der Waals surface area (Å²) in [6.07, 6.45) is 3.70. The van der Waals surface area contributed by atoms with Crippen molar-refractivity contribution in [3.63, 3.8) is 0 Å². The van der Waals surface area contributed by atoms with Crippen LogP contribution in [-0.2, 0) is 6.54 Å². The summed E-state index contributed by atoms with van der Waals surface area (Å²) in [6, 6.07) is 6.92. The van der Waals surface area contributed by atoms with E-state index in [1.165, 1.54) is 6.07 Å². The number of pyridine rings is 1. The number of ether oxygens (including phenoxy) is 1. The molecule has 2 aromatic heterocycles. The molecule has 0 bridgehead atoms. The number of rotatable bonds is 3. The molecule has 0 atom stereocenters. The lowest BCUT2D eigenvalue weighted by Crippen LogP contribution is -2.05. The van der Waals surface area contributed by atoms with Gasteiger partial charge in [-0.3, -0.25) is 4.98 Å². The highest BCUT2D eigenvalue weighted by molar-refractivity contribution is 5.80. The second kappa shape index (κ2) is 5.20. The van der Waals surface area contributed by atoms with Crippen molar-refractivity contribution in [1.29, 1.82) is 0 Å². The molecule has 0 fully saturated rings. The number of methoxy groups -OCH3 is 1. The highest BCUT2D eigenvalue weighted by atomic mass is 19.1. The van der Waals surface area contributed by atoms with Gasteiger partial charge in [0.25, 0.3) is 0 Å². The number of aryl methyl sites for hydroxylation is 1. The van der Waals surface area contributed by atoms with Crippen molar-refractivity contribution in [3.05, 3.63) is 59.3 Å². The lowest BCUT2D eigenvalue weighted by atomic mass is 10.1. The summed E-state index contributed by atoms with van der Waals surface area (Å²) in [4.78, 5) is 4.50. The standard InChI is InChI=1S/C17H17FN2O/c1-11-9-19-15(12(2)17(11)21-3)10-20-8-7-13-14(18)5-4-6-16(13)20/h4-9H,10H2,1-3H3. The number of hydrogen-bond acceptors (Lipinski definition) is 2. The van der Waals surface area contributed by atoms with Crippen molar-refractivity contribution < 1.29 is 9.13 Å². The summed E-state index contributed by atoms with van der Waals surface area (Å²) in [6.45, 7) is 4.57. The van der Waals surface area contributed by atoms with Gasteiger partial charge < -0.3 is 9.30 Å². The number of halogens is 1. The Morgan fingerprint density at radius 2 is 2.05 bits per heavy atom. The van der Waals surface area contributed by atoms with E-state index < -0.39 is 0 Å². The van der Waals surface area contributed by atoms with E-state index in [0.717, 1.165) is 28.1 Å². The predicted octanol–water partition coefficient (Wildman–Crippen LogP) is 3.85. The molecule has 0 aliphatic carbocycles. The molecule has 0 aliphatic rings. The number of benzene rings is 1. The fourth-order valence-electron chi connectivity index (χ4n) is 2.72. The smallest absolute Gasteiger partial charge is 0.132 e. The summed E-state index contributed by atoms with van der Waals surface area (Å²) in [5.41, 5.74) is 3.84. The minimum Gasteiger partial charge on any atom is -0.496 e. The van der Waals surface area contributed by atoms with Gasteiger partial charge in [-0.05, 0) is 32.0 Å². The van der Waals surface area contributed by atoms with Crippen LogP contribution in [0.25, 0.3) is 10.9 Å². The Bertz CT molecular complexity index is 808. The van der Waals surface area contributed by atoms with Crippen LogP contribution in [0.5, 0.6) is 5.75 Å². The quantitative estimate of drug-likeness (QED) is 0.730. The number of fused-ring (bicyclic) bond motifs is 1. The van der Waals surface area contributed by atoms with Crippen LogP contribution in [0.2, 0.25) is 0 Å². The lowest BCUT2D eigenvalue weighted by molar-refractivity contribution is 0.406. The molecule has 0 unspecified atom stereocenters. The molecule has 1 aromatic carbocycles. The van der Waals surface area contributed by atoms with Gasteiger partial charge in [-0.25, -0.2) is 4.39 Å². The SMILES string of the molecule is COc1c(C)cnc(Cn2ccc3c(F)cccc32)c1C. The zero-order valence-electron chi connectivity index (χ0n) is 12.4. The van der Waals surface area contributed by atoms with Crippen molar-refractivity contribution in [2.75, 3.05) is 7.11 Å². The van der Waals surface area contributed by atoms with Crippen LogP contribution in [0.3, 0.4) is 0 Å². The van der Waals surface area contributed by atoms with Crippen molar-refractivity contribution >= 4 is 10.9 Å². The summed E-state index contributed by atoms with van der Waals surface area (Å²) >= 11 is 0. The largest absolute Gasteiger partial charge is 0.496 e. The van der Waals surface area contributed by atoms with Gasteiger partial charge in [-0.1, -0.05) is 6.07 Å². The number of nitrogens with zero attached hydrogens (tertiary/aromatic N) is 2. The first kappa shape index (κ1) is 13.6. The van der Waals surface area contributed by atoms with Crippen molar-refractivity contribution in [2.24, 2.45) is 0 Å². The Hall–Kier alpha value is -2.36. The lowest BCUT2D eigenvalue weighted by Gasteiger charge is -2.13. The molecule has 0 N–H and O–H groups in total. The van der Waals surface area contributed by atoms with Crippen LogP contribution >= 0.6 is 0 Å². The zero-order chi connectivity index (χ0) is 15.0. The van der Waals surface area contributed by atoms with E-state index in [4.69, 9.17) is 4.74 Å². The van der Waals surface area contributed by atoms with Gasteiger partial charge in [-0.15, -0.1) is 0 Å². The van der Waals surface area contributed by atoms with Crippen LogP contribution in [0.1, 0.15) is 16.8 Å². The molecular formula is C17H17FN2O. The van der Waals surface area contributed by atoms with Crippen LogP contribution in [0, 0.1) is 19.7 Å². The second-order valence-electron chi connectivity index (χ2n) is 5.16. The molecule has 3 nitrogen and oxygen atoms in total. The molecule has 4 heteroatoms. The third-order valence-electron chi connectivity index (χ3n) is 3.83. The molecule has 108 valence electrons. The minimum absolute atomic E-state index is 0.197. The highest BCUT2D eigenvalue weighted by Gasteiger charge is 2.11. The van der Waals surface area contributed by atoms with Crippen LogP contribution in [0.4, 0.5) is 4.39 Å². The van der Waals surface area contributed by atoms with Gasteiger partial charge in [0, 0.05) is 28.9 Å². The number of aromatic nitrogens is 2. The average molecular weight is 284 g/mol. The molecule has 3 rings (SSSR count). The molecule has 0 aliphatic heterocycles. The van der Waals surface area contributed by atoms with E-state index in [1.54, 1.807) is 19.2 Å². The van der Waals surface area contributed by atoms with E-state index in [9.17, 15) is 4.39 Å². The van der Waals surface area contributed by atoms with Gasteiger partial charge >= 0.3 is 0 Å². The molecule has 21 heavy (non-hydrogen) atoms. The molecule has 0 radical (unpaired) electrons. The third-order valence-corrected chi connectivity index (χ3v) is 3.83. The first-order chi connectivity index (χ1) is 10.1. The number of hydrogen-bond donors (Lipinski definition) is 0. The van der Waals surface area contributed by atoms with Crippen LogP contribution in [0.15, 0.2) is 36.7 Å². The maximum atomic E-state index is 13.7. The Balaban J connectivity index is 2.05. The molecule has 0 saturated heterocycles. The van der Waals surface area contributed by atoms with Gasteiger partial charge in [-0.2, -0.15) is 0 Å². The topological polar surface area (TPSA) is 27.1 Å². The van der Waals surface area contributed by atoms with Gasteiger partial charge in [0.15, 0.2) is 0 Å². The Morgan fingerprint density at radius 1 is 1.24 bits per heavy atom. The predicted molar refractivity (Wildman–Crippen MR) is 81.3 cm³/mol. The maximum absolute atomic E-state index is 13.7. The van der Waals surface area contributed by atoms with Gasteiger partial charge in [0.2, 0.25) is 0 Å². The third kappa shape index (κ3) is 2.27. The fourth-order valence-corrected chi connectivity index (χ4v) is 2.72. The Labute approximate surface area is 123 Å². The molecule has 0 saturated carbocycles.